The second-order valence-electron chi connectivity index (χ2n) is 9.72. The summed E-state index contributed by atoms with van der Waals surface area (Å²) in [6.45, 7) is 7.36. The number of aromatic nitrogens is 1. The number of halogens is 2. The molecule has 2 aliphatic heterocycles. The van der Waals surface area contributed by atoms with Gasteiger partial charge in [-0.3, -0.25) is 14.7 Å². The van der Waals surface area contributed by atoms with Crippen LogP contribution in [-0.2, 0) is 33.3 Å². The van der Waals surface area contributed by atoms with Crippen molar-refractivity contribution in [2.75, 3.05) is 32.9 Å². The third kappa shape index (κ3) is 8.45. The zero-order valence-corrected chi connectivity index (χ0v) is 26.3. The molecule has 4 rings (SSSR count). The first-order valence-electron chi connectivity index (χ1n) is 13.6. The predicted octanol–water partition coefficient (Wildman–Crippen LogP) is 4.51. The van der Waals surface area contributed by atoms with Crippen molar-refractivity contribution in [3.8, 4) is 0 Å². The van der Waals surface area contributed by atoms with Gasteiger partial charge in [0.25, 0.3) is 0 Å². The highest BCUT2D eigenvalue weighted by molar-refractivity contribution is 7.11. The lowest BCUT2D eigenvalue weighted by Crippen LogP contribution is -2.53. The summed E-state index contributed by atoms with van der Waals surface area (Å²) in [6, 6.07) is 3.22. The van der Waals surface area contributed by atoms with Gasteiger partial charge in [0.2, 0.25) is 6.29 Å². The van der Waals surface area contributed by atoms with Gasteiger partial charge in [0, 0.05) is 52.9 Å². The van der Waals surface area contributed by atoms with Crippen molar-refractivity contribution in [2.45, 2.75) is 52.2 Å². The Morgan fingerprint density at radius 2 is 1.98 bits per heavy atom. The average molecular weight is 656 g/mol. The molecule has 0 saturated carbocycles. The van der Waals surface area contributed by atoms with Crippen LogP contribution in [0.5, 0.6) is 0 Å². The molecule has 0 amide bonds. The van der Waals surface area contributed by atoms with Crippen LogP contribution in [0.4, 0.5) is 4.79 Å². The predicted molar refractivity (Wildman–Crippen MR) is 159 cm³/mol. The minimum atomic E-state index is -1.20. The van der Waals surface area contributed by atoms with Gasteiger partial charge >= 0.3 is 18.1 Å². The van der Waals surface area contributed by atoms with Gasteiger partial charge in [0.05, 0.1) is 31.5 Å². The number of morpholine rings is 1. The van der Waals surface area contributed by atoms with Crippen LogP contribution in [0.15, 0.2) is 46.0 Å². The number of nitrogens with zero attached hydrogens (tertiary/aromatic N) is 3. The maximum absolute atomic E-state index is 13.5. The van der Waals surface area contributed by atoms with Gasteiger partial charge in [0.15, 0.2) is 10.8 Å². The second kappa shape index (κ2) is 15.0. The van der Waals surface area contributed by atoms with E-state index in [4.69, 9.17) is 51.9 Å². The highest BCUT2D eigenvalue weighted by Crippen LogP contribution is 2.37. The molecule has 1 aromatic carbocycles. The Hall–Kier alpha value is -3.23. The number of carbonyl (C=O) groups is 3. The van der Waals surface area contributed by atoms with Gasteiger partial charge in [-0.2, -0.15) is 0 Å². The van der Waals surface area contributed by atoms with Gasteiger partial charge in [-0.05, 0) is 32.9 Å². The van der Waals surface area contributed by atoms with E-state index in [0.29, 0.717) is 45.3 Å². The third-order valence-electron chi connectivity index (χ3n) is 6.26. The largest absolute Gasteiger partial charge is 0.511 e. The summed E-state index contributed by atoms with van der Waals surface area (Å²) in [5.74, 6) is -0.849. The average Bonchev–Trinajstić information content (AvgIpc) is 3.48. The molecule has 3 atom stereocenters. The van der Waals surface area contributed by atoms with Crippen LogP contribution < -0.4 is 5.32 Å². The highest BCUT2D eigenvalue weighted by atomic mass is 35.5. The van der Waals surface area contributed by atoms with Crippen molar-refractivity contribution in [3.05, 3.63) is 61.7 Å². The smallest absolute Gasteiger partial charge is 0.463 e. The molecule has 0 radical (unpaired) electrons. The number of nitrogens with one attached hydrogen (secondary N) is 1. The molecular weight excluding hydrogens is 623 g/mol. The molecule has 3 unspecified atom stereocenters. The molecule has 12 nitrogen and oxygen atoms in total. The number of ether oxygens (including phenoxy) is 5. The Morgan fingerprint density at radius 1 is 1.19 bits per heavy atom. The SMILES string of the molecule is CCOC(=O)C1=C(CN2CCOCC2C(=O)OC(C)OC(=O)OC(C)C)NC(c2nccs2)=NC1c1ccc(Cl)cc1Cl. The van der Waals surface area contributed by atoms with E-state index >= 15 is 0 Å². The van der Waals surface area contributed by atoms with Crippen LogP contribution in [0.2, 0.25) is 10.0 Å². The number of rotatable bonds is 10. The molecule has 232 valence electrons. The minimum absolute atomic E-state index is 0.0177. The van der Waals surface area contributed by atoms with E-state index in [1.807, 2.05) is 5.38 Å². The Balaban J connectivity index is 1.67. The summed E-state index contributed by atoms with van der Waals surface area (Å²) in [6.07, 6.45) is -0.910. The molecule has 2 aliphatic rings. The van der Waals surface area contributed by atoms with Crippen LogP contribution in [0.25, 0.3) is 0 Å². The van der Waals surface area contributed by atoms with Gasteiger partial charge < -0.3 is 29.0 Å². The molecule has 15 heteroatoms. The molecule has 3 heterocycles. The summed E-state index contributed by atoms with van der Waals surface area (Å²) in [7, 11) is 0. The van der Waals surface area contributed by atoms with Gasteiger partial charge in [0.1, 0.15) is 12.1 Å². The van der Waals surface area contributed by atoms with Crippen LogP contribution in [0.1, 0.15) is 44.3 Å². The number of hydrogen-bond acceptors (Lipinski definition) is 13. The van der Waals surface area contributed by atoms with E-state index in [2.05, 4.69) is 10.3 Å². The molecule has 1 saturated heterocycles. The maximum Gasteiger partial charge on any atom is 0.511 e. The topological polar surface area (TPSA) is 138 Å². The maximum atomic E-state index is 13.5. The fourth-order valence-corrected chi connectivity index (χ4v) is 5.54. The summed E-state index contributed by atoms with van der Waals surface area (Å²) in [4.78, 5) is 49.6. The molecule has 1 aromatic heterocycles. The molecule has 1 fully saturated rings. The Kier molecular flexibility index (Phi) is 11.4. The molecule has 0 spiro atoms. The number of carbonyl (C=O) groups excluding carboxylic acids is 3. The number of esters is 2. The number of benzene rings is 1. The van der Waals surface area contributed by atoms with E-state index < -0.39 is 42.6 Å². The van der Waals surface area contributed by atoms with Crippen molar-refractivity contribution in [1.82, 2.24) is 15.2 Å². The molecule has 1 N–H and O–H groups in total. The van der Waals surface area contributed by atoms with E-state index in [1.54, 1.807) is 50.1 Å². The lowest BCUT2D eigenvalue weighted by molar-refractivity contribution is -0.179. The van der Waals surface area contributed by atoms with Crippen LogP contribution >= 0.6 is 34.5 Å². The normalized spacial score (nSPS) is 19.7. The molecule has 2 aromatic rings. The Labute approximate surface area is 262 Å². The monoisotopic (exact) mass is 654 g/mol. The van der Waals surface area contributed by atoms with Crippen molar-refractivity contribution in [2.24, 2.45) is 4.99 Å². The van der Waals surface area contributed by atoms with Crippen LogP contribution in [-0.4, -0.2) is 85.2 Å². The van der Waals surface area contributed by atoms with E-state index in [0.717, 1.165) is 0 Å². The first kappa shape index (κ1) is 32.7. The molecule has 0 aliphatic carbocycles. The fraction of sp³-hybridized carbons (Fsp3) is 0.464. The quantitative estimate of drug-likeness (QED) is 0.220. The van der Waals surface area contributed by atoms with E-state index in [9.17, 15) is 14.4 Å². The lowest BCUT2D eigenvalue weighted by Gasteiger charge is -2.36. The number of hydrogen-bond donors (Lipinski definition) is 1. The summed E-state index contributed by atoms with van der Waals surface area (Å²) in [5.41, 5.74) is 1.21. The fourth-order valence-electron chi connectivity index (χ4n) is 4.44. The highest BCUT2D eigenvalue weighted by Gasteiger charge is 2.38. The number of aliphatic imine (C=N–C) groups is 1. The number of amidine groups is 1. The third-order valence-corrected chi connectivity index (χ3v) is 7.60. The van der Waals surface area contributed by atoms with Crippen molar-refractivity contribution < 1.29 is 38.1 Å². The molecule has 43 heavy (non-hydrogen) atoms. The summed E-state index contributed by atoms with van der Waals surface area (Å²) < 4.78 is 26.4. The van der Waals surface area contributed by atoms with Crippen LogP contribution in [0, 0.1) is 0 Å². The van der Waals surface area contributed by atoms with Crippen molar-refractivity contribution in [1.29, 1.82) is 0 Å². The molecule has 0 bridgehead atoms. The van der Waals surface area contributed by atoms with Crippen molar-refractivity contribution >= 4 is 58.5 Å². The summed E-state index contributed by atoms with van der Waals surface area (Å²) in [5, 5.41) is 6.40. The summed E-state index contributed by atoms with van der Waals surface area (Å²) >= 11 is 14.1. The standard InChI is InChI=1S/C28H32Cl2N4O8S/c1-5-39-27(36)22-20(13-34-9-10-38-14-21(34)26(35)41-16(4)42-28(37)40-15(2)3)32-24(25-31-8-11-43-25)33-23(22)18-7-6-17(29)12-19(18)30/h6-8,11-12,15-16,21,23H,5,9-10,13-14H2,1-4H3,(H,32,33). The van der Waals surface area contributed by atoms with Crippen molar-refractivity contribution in [3.63, 3.8) is 0 Å². The van der Waals surface area contributed by atoms with Gasteiger partial charge in [-0.25, -0.2) is 14.6 Å². The van der Waals surface area contributed by atoms with Gasteiger partial charge in [-0.1, -0.05) is 29.3 Å². The Bertz CT molecular complexity index is 1380. The van der Waals surface area contributed by atoms with Crippen LogP contribution in [0.3, 0.4) is 0 Å². The Morgan fingerprint density at radius 3 is 2.65 bits per heavy atom. The van der Waals surface area contributed by atoms with E-state index in [-0.39, 0.29) is 25.3 Å². The first-order valence-corrected chi connectivity index (χ1v) is 15.2. The number of thiazole rings is 1. The first-order chi connectivity index (χ1) is 20.6. The van der Waals surface area contributed by atoms with E-state index in [1.165, 1.54) is 18.3 Å². The second-order valence-corrected chi connectivity index (χ2v) is 11.5. The molecular formula is C28H32Cl2N4O8S. The van der Waals surface area contributed by atoms with Gasteiger partial charge in [-0.15, -0.1) is 11.3 Å². The lowest BCUT2D eigenvalue weighted by atomic mass is 9.95. The minimum Gasteiger partial charge on any atom is -0.463 e. The zero-order chi connectivity index (χ0) is 31.1. The zero-order valence-electron chi connectivity index (χ0n) is 24.0.